The quantitative estimate of drug-likeness (QED) is 0.0215. The predicted octanol–water partition coefficient (Wildman–Crippen LogP) is 10.9. The molecular formula is C62H63Cl3N8O12S2Si2. The minimum absolute atomic E-state index is 0.0589. The van der Waals surface area contributed by atoms with Crippen molar-refractivity contribution >= 4 is 103 Å². The van der Waals surface area contributed by atoms with E-state index in [4.69, 9.17) is 58.9 Å². The van der Waals surface area contributed by atoms with E-state index in [0.29, 0.717) is 75.8 Å². The van der Waals surface area contributed by atoms with Gasteiger partial charge in [-0.15, -0.1) is 0 Å². The van der Waals surface area contributed by atoms with Gasteiger partial charge in [0.1, 0.15) is 13.2 Å². The van der Waals surface area contributed by atoms with E-state index in [1.165, 1.54) is 36.4 Å². The summed E-state index contributed by atoms with van der Waals surface area (Å²) >= 11 is 11.5. The van der Waals surface area contributed by atoms with Crippen molar-refractivity contribution in [2.75, 3.05) is 12.3 Å². The van der Waals surface area contributed by atoms with Gasteiger partial charge >= 0.3 is 11.9 Å². The average molecular weight is 1340 g/mol. The highest BCUT2D eigenvalue weighted by Gasteiger charge is 2.47. The fraction of sp³-hybridized carbons (Fsp3) is 0.323. The molecule has 2 atom stereocenters. The Balaban J connectivity index is 0.000000170. The number of carbonyl (C=O) groups excluding carboxylic acids is 2. The molecule has 20 nitrogen and oxygen atoms in total. The Morgan fingerprint density at radius 2 is 1.06 bits per heavy atom. The van der Waals surface area contributed by atoms with Gasteiger partial charge in [-0.1, -0.05) is 117 Å². The van der Waals surface area contributed by atoms with Crippen molar-refractivity contribution in [3.05, 3.63) is 195 Å². The van der Waals surface area contributed by atoms with E-state index in [0.717, 1.165) is 62.6 Å². The number of nitrogens with one attached hydrogen (secondary N) is 1. The summed E-state index contributed by atoms with van der Waals surface area (Å²) in [6, 6.07) is 32.7. The molecule has 4 aromatic heterocycles. The third-order valence-electron chi connectivity index (χ3n) is 17.1. The molecule has 89 heavy (non-hydrogen) atoms. The van der Waals surface area contributed by atoms with Gasteiger partial charge in [0, 0.05) is 71.0 Å². The highest BCUT2D eigenvalue weighted by atomic mass is 35.7. The number of nitrogens with zero attached hydrogens (tertiary/aromatic N) is 7. The minimum atomic E-state index is -3.68. The largest absolute Gasteiger partial charge is 0.458 e. The molecule has 8 heterocycles. The number of aromatic nitrogens is 4. The van der Waals surface area contributed by atoms with Crippen molar-refractivity contribution < 1.29 is 46.1 Å². The third kappa shape index (κ3) is 12.7. The van der Waals surface area contributed by atoms with Crippen LogP contribution in [-0.2, 0) is 88.5 Å². The molecule has 0 saturated carbocycles. The molecule has 3 N–H and O–H groups in total. The second kappa shape index (κ2) is 25.0. The van der Waals surface area contributed by atoms with Crippen LogP contribution in [0.3, 0.4) is 0 Å². The minimum Gasteiger partial charge on any atom is -0.458 e. The van der Waals surface area contributed by atoms with Crippen LogP contribution in [0.4, 0.5) is 0 Å². The summed E-state index contributed by atoms with van der Waals surface area (Å²) in [6.45, 7) is 12.5. The zero-order valence-electron chi connectivity index (χ0n) is 49.4. The number of ether oxygens (including phenoxy) is 2. The molecule has 0 aliphatic carbocycles. The number of para-hydroxylation sites is 2. The number of cyclic esters (lactones) is 2. The third-order valence-corrected chi connectivity index (χ3v) is 25.9. The van der Waals surface area contributed by atoms with E-state index in [1.54, 1.807) is 47.2 Å². The number of sulfonamides is 1. The number of benzene rings is 4. The normalized spacial score (nSPS) is 17.3. The van der Waals surface area contributed by atoms with Crippen LogP contribution in [-0.4, -0.2) is 86.6 Å². The van der Waals surface area contributed by atoms with E-state index in [2.05, 4.69) is 47.0 Å². The molecule has 8 aromatic rings. The number of fused-ring (bicyclic) bond motifs is 10. The smallest absolute Gasteiger partial charge is 0.343 e. The summed E-state index contributed by atoms with van der Waals surface area (Å²) in [6.07, 6.45) is 2.54. The lowest BCUT2D eigenvalue weighted by Crippen LogP contribution is -2.44. The number of esters is 2. The van der Waals surface area contributed by atoms with Crippen LogP contribution in [0.1, 0.15) is 71.2 Å². The lowest BCUT2D eigenvalue weighted by atomic mass is 9.86. The van der Waals surface area contributed by atoms with Crippen LogP contribution < -0.4 is 15.8 Å². The number of rotatable bonds is 15. The van der Waals surface area contributed by atoms with E-state index < -0.39 is 58.4 Å². The number of carbonyl (C=O) groups is 2. The first-order chi connectivity index (χ1) is 42.0. The number of aryl methyl sites for hydroxylation is 2. The molecule has 4 aliphatic heterocycles. The Labute approximate surface area is 529 Å². The molecule has 0 bridgehead atoms. The lowest BCUT2D eigenvalue weighted by molar-refractivity contribution is -0.172. The Hall–Kier alpha value is -7.07. The zero-order chi connectivity index (χ0) is 64.2. The Morgan fingerprint density at radius 3 is 1.47 bits per heavy atom. The number of hydrogen-bond acceptors (Lipinski definition) is 15. The van der Waals surface area contributed by atoms with Gasteiger partial charge in [-0.05, 0) is 115 Å². The Bertz CT molecular complexity index is 4620. The van der Waals surface area contributed by atoms with Gasteiger partial charge in [-0.3, -0.25) is 9.59 Å². The molecule has 4 aliphatic rings. The second-order valence-electron chi connectivity index (χ2n) is 24.0. The summed E-state index contributed by atoms with van der Waals surface area (Å²) in [5, 5.41) is 29.1. The van der Waals surface area contributed by atoms with Crippen molar-refractivity contribution in [1.29, 1.82) is 0 Å². The monoisotopic (exact) mass is 1340 g/mol. The summed E-state index contributed by atoms with van der Waals surface area (Å²) in [4.78, 5) is 65.2. The van der Waals surface area contributed by atoms with Gasteiger partial charge in [-0.25, -0.2) is 41.1 Å². The average Bonchev–Trinajstić information content (AvgIpc) is 1.89. The fourth-order valence-electron chi connectivity index (χ4n) is 11.7. The van der Waals surface area contributed by atoms with Gasteiger partial charge in [-0.2, -0.15) is 0 Å². The van der Waals surface area contributed by atoms with Crippen LogP contribution in [0.25, 0.3) is 55.0 Å². The highest BCUT2D eigenvalue weighted by molar-refractivity contribution is 8.13. The van der Waals surface area contributed by atoms with Crippen LogP contribution in [0.2, 0.25) is 48.3 Å². The van der Waals surface area contributed by atoms with E-state index >= 15 is 0 Å². The molecule has 0 amide bonds. The molecule has 0 unspecified atom stereocenters. The van der Waals surface area contributed by atoms with Crippen LogP contribution in [0, 0.1) is 0 Å². The van der Waals surface area contributed by atoms with Crippen molar-refractivity contribution in [3.8, 4) is 22.8 Å². The molecule has 0 fully saturated rings. The number of hydrogen-bond donors (Lipinski definition) is 3. The van der Waals surface area contributed by atoms with E-state index in [9.17, 15) is 46.2 Å². The molecule has 12 rings (SSSR count). The molecule has 0 spiro atoms. The highest BCUT2D eigenvalue weighted by Crippen LogP contribution is 2.43. The lowest BCUT2D eigenvalue weighted by Gasteiger charge is -2.31. The van der Waals surface area contributed by atoms with Crippen LogP contribution >= 0.6 is 33.9 Å². The first-order valence-corrected chi connectivity index (χ1v) is 40.0. The number of pyridine rings is 4. The molecule has 0 radical (unpaired) electrons. The molecular weight excluding hydrogens is 1280 g/mol. The van der Waals surface area contributed by atoms with Gasteiger partial charge in [0.25, 0.3) is 20.2 Å². The SMILES string of the molecule is CC[C@@]1(O)C(=O)OCc2c1cc1n(c2=O)Cc2c-1nc1ccccc1c2CC[Si](C)(C)CN=[N+]=[N-].CC[C@@]1(O)C(=O)OCc2c1cc1n(c2=O)Cc2c-1nc1ccccc1c2CC[Si](C)(C)CNS(=O)(=O)c1ccc(Cl)cc1.O=S(=O)(Cl)c1ccc(Cl)cc1. The first-order valence-electron chi connectivity index (χ1n) is 28.7. The summed E-state index contributed by atoms with van der Waals surface area (Å²) in [7, 11) is -6.11. The Morgan fingerprint density at radius 1 is 0.640 bits per heavy atom. The molecule has 0 saturated heterocycles. The van der Waals surface area contributed by atoms with E-state index in [-0.39, 0.29) is 58.1 Å². The van der Waals surface area contributed by atoms with Crippen molar-refractivity contribution in [2.24, 2.45) is 5.11 Å². The van der Waals surface area contributed by atoms with Crippen molar-refractivity contribution in [1.82, 2.24) is 23.8 Å². The predicted molar refractivity (Wildman–Crippen MR) is 346 cm³/mol. The maximum absolute atomic E-state index is 13.7. The maximum Gasteiger partial charge on any atom is 0.343 e. The van der Waals surface area contributed by atoms with Crippen LogP contribution in [0.15, 0.2) is 134 Å². The van der Waals surface area contributed by atoms with Gasteiger partial charge in [0.05, 0.1) is 84.0 Å². The summed E-state index contributed by atoms with van der Waals surface area (Å²) in [5.41, 5.74) is 14.0. The standard InChI is InChI=1S/C31H32ClN3O6SSi.C25H27N5O4Si.C6H4Cl2O2S/c1-4-31(38)25-15-27-28-23(16-35(27)29(36)24(25)17-41-30(31)37)21(22-7-5-6-8-26(22)34-28)13-14-43(2,3)18-33-42(39,40)20-11-9-19(32)10-12-20;1-4-25(33)19-11-21-22-17(12-30(21)23(31)18(19)13-34-24(25)32)15(9-10-35(2,3)14-27-29-26)16-7-5-6-8-20(16)28-22;7-5-1-3-6(4-2-5)11(8,9)10/h5-12,15,33,38H,4,13-14,16-18H2,1-3H3;5-8,11,33H,4,9-10,12-14H2,1-3H3;1-4H/t31-;25-;/m00./s1. The number of azide groups is 1. The topological polar surface area (TPSA) is 292 Å². The fourth-order valence-corrected chi connectivity index (χ4v) is 18.3. The van der Waals surface area contributed by atoms with Crippen molar-refractivity contribution in [3.63, 3.8) is 0 Å². The molecule has 464 valence electrons. The first kappa shape index (κ1) is 64.9. The second-order valence-corrected chi connectivity index (χ2v) is 39.5. The van der Waals surface area contributed by atoms with E-state index in [1.807, 2.05) is 42.5 Å². The van der Waals surface area contributed by atoms with Gasteiger partial charge in [0.2, 0.25) is 10.0 Å². The van der Waals surface area contributed by atoms with Crippen molar-refractivity contribution in [2.45, 2.75) is 125 Å². The summed E-state index contributed by atoms with van der Waals surface area (Å²) < 4.78 is 63.7. The maximum atomic E-state index is 13.7. The zero-order valence-corrected chi connectivity index (χ0v) is 55.3. The molecule has 27 heteroatoms. The number of halogens is 3. The number of aliphatic hydroxyl groups is 2. The Kier molecular flexibility index (Phi) is 18.2. The van der Waals surface area contributed by atoms with Crippen LogP contribution in [0.5, 0.6) is 0 Å². The molecule has 4 aromatic carbocycles. The van der Waals surface area contributed by atoms with Gasteiger partial charge in [0.15, 0.2) is 11.2 Å². The van der Waals surface area contributed by atoms with Gasteiger partial charge < -0.3 is 28.8 Å². The summed E-state index contributed by atoms with van der Waals surface area (Å²) in [5.74, 6) is -1.48.